The lowest BCUT2D eigenvalue weighted by Gasteiger charge is -2.22. The number of nitrogens with one attached hydrogen (secondary N) is 2. The molecule has 2 aromatic rings. The van der Waals surface area contributed by atoms with Crippen molar-refractivity contribution in [3.8, 4) is 16.2 Å². The van der Waals surface area contributed by atoms with E-state index in [4.69, 9.17) is 0 Å². The molecule has 124 valence electrons. The predicted molar refractivity (Wildman–Crippen MR) is 81.9 cm³/mol. The SMILES string of the molecule is O=c1[nH]sc(-c2ccc(OC(F)(F)F)cc2)c1C1CCNCC1. The lowest BCUT2D eigenvalue weighted by atomic mass is 9.89. The van der Waals surface area contributed by atoms with Gasteiger partial charge in [-0.2, -0.15) is 0 Å². The van der Waals surface area contributed by atoms with E-state index in [2.05, 4.69) is 14.4 Å². The Balaban J connectivity index is 1.89. The van der Waals surface area contributed by atoms with E-state index < -0.39 is 6.36 Å². The number of ether oxygens (including phenoxy) is 1. The van der Waals surface area contributed by atoms with E-state index in [1.807, 2.05) is 0 Å². The molecule has 2 N–H and O–H groups in total. The molecular weight excluding hydrogens is 329 g/mol. The maximum Gasteiger partial charge on any atom is 0.573 e. The van der Waals surface area contributed by atoms with Crippen LogP contribution < -0.4 is 15.6 Å². The van der Waals surface area contributed by atoms with Crippen molar-refractivity contribution in [1.29, 1.82) is 0 Å². The number of hydrogen-bond acceptors (Lipinski definition) is 4. The van der Waals surface area contributed by atoms with Gasteiger partial charge in [0.25, 0.3) is 5.56 Å². The first-order valence-electron chi connectivity index (χ1n) is 7.22. The minimum Gasteiger partial charge on any atom is -0.406 e. The molecule has 3 rings (SSSR count). The third-order valence-electron chi connectivity index (χ3n) is 3.83. The van der Waals surface area contributed by atoms with Gasteiger partial charge in [0, 0.05) is 5.56 Å². The maximum atomic E-state index is 12.2. The minimum absolute atomic E-state index is 0.104. The quantitative estimate of drug-likeness (QED) is 0.896. The van der Waals surface area contributed by atoms with Crippen molar-refractivity contribution in [2.24, 2.45) is 0 Å². The van der Waals surface area contributed by atoms with Gasteiger partial charge in [-0.3, -0.25) is 9.17 Å². The zero-order chi connectivity index (χ0) is 16.4. The summed E-state index contributed by atoms with van der Waals surface area (Å²) in [7, 11) is 0. The van der Waals surface area contributed by atoms with Crippen molar-refractivity contribution in [1.82, 2.24) is 9.69 Å². The van der Waals surface area contributed by atoms with Gasteiger partial charge < -0.3 is 10.1 Å². The fourth-order valence-electron chi connectivity index (χ4n) is 2.81. The molecule has 0 spiro atoms. The second kappa shape index (κ2) is 6.37. The van der Waals surface area contributed by atoms with Crippen LogP contribution in [-0.2, 0) is 0 Å². The summed E-state index contributed by atoms with van der Waals surface area (Å²) in [6.45, 7) is 1.72. The molecule has 0 unspecified atom stereocenters. The average Bonchev–Trinajstić information content (AvgIpc) is 2.89. The van der Waals surface area contributed by atoms with Gasteiger partial charge in [-0.1, -0.05) is 11.5 Å². The number of alkyl halides is 3. The molecule has 23 heavy (non-hydrogen) atoms. The Bertz CT molecular complexity index is 716. The molecule has 0 saturated carbocycles. The molecule has 0 atom stereocenters. The Labute approximate surface area is 134 Å². The highest BCUT2D eigenvalue weighted by Gasteiger charge is 2.31. The lowest BCUT2D eigenvalue weighted by molar-refractivity contribution is -0.274. The number of rotatable bonds is 3. The smallest absolute Gasteiger partial charge is 0.406 e. The number of halogens is 3. The third kappa shape index (κ3) is 3.76. The second-order valence-corrected chi connectivity index (χ2v) is 6.19. The number of benzene rings is 1. The van der Waals surface area contributed by atoms with Crippen molar-refractivity contribution < 1.29 is 17.9 Å². The molecular formula is C15H15F3N2O2S. The van der Waals surface area contributed by atoms with Gasteiger partial charge in [-0.15, -0.1) is 13.2 Å². The van der Waals surface area contributed by atoms with Crippen LogP contribution in [-0.4, -0.2) is 23.8 Å². The van der Waals surface area contributed by atoms with Crippen LogP contribution >= 0.6 is 11.5 Å². The Morgan fingerprint density at radius 2 is 1.78 bits per heavy atom. The van der Waals surface area contributed by atoms with Crippen LogP contribution in [0.1, 0.15) is 24.3 Å². The molecule has 8 heteroatoms. The van der Waals surface area contributed by atoms with Crippen molar-refractivity contribution in [3.63, 3.8) is 0 Å². The van der Waals surface area contributed by atoms with E-state index in [1.54, 1.807) is 12.1 Å². The van der Waals surface area contributed by atoms with Crippen molar-refractivity contribution in [2.45, 2.75) is 25.1 Å². The molecule has 0 radical (unpaired) electrons. The third-order valence-corrected chi connectivity index (χ3v) is 4.78. The Hall–Kier alpha value is -1.80. The monoisotopic (exact) mass is 344 g/mol. The largest absolute Gasteiger partial charge is 0.573 e. The summed E-state index contributed by atoms with van der Waals surface area (Å²) in [6, 6.07) is 5.62. The first-order valence-corrected chi connectivity index (χ1v) is 8.04. The van der Waals surface area contributed by atoms with Gasteiger partial charge >= 0.3 is 6.36 Å². The van der Waals surface area contributed by atoms with Crippen LogP contribution in [0.15, 0.2) is 29.1 Å². The summed E-state index contributed by atoms with van der Waals surface area (Å²) in [5.41, 5.74) is 1.35. The fraction of sp³-hybridized carbons (Fsp3) is 0.400. The molecule has 1 aromatic carbocycles. The number of piperidine rings is 1. The van der Waals surface area contributed by atoms with E-state index in [9.17, 15) is 18.0 Å². The summed E-state index contributed by atoms with van der Waals surface area (Å²) in [6.07, 6.45) is -2.95. The molecule has 1 saturated heterocycles. The van der Waals surface area contributed by atoms with Crippen molar-refractivity contribution in [2.75, 3.05) is 13.1 Å². The van der Waals surface area contributed by atoms with E-state index in [1.165, 1.54) is 23.7 Å². The zero-order valence-electron chi connectivity index (χ0n) is 12.1. The summed E-state index contributed by atoms with van der Waals surface area (Å²) >= 11 is 1.22. The predicted octanol–water partition coefficient (Wildman–Crippen LogP) is 3.47. The van der Waals surface area contributed by atoms with Crippen LogP contribution in [0.5, 0.6) is 5.75 Å². The molecule has 1 fully saturated rings. The van der Waals surface area contributed by atoms with E-state index >= 15 is 0 Å². The fourth-order valence-corrected chi connectivity index (χ4v) is 3.74. The summed E-state index contributed by atoms with van der Waals surface area (Å²) in [5.74, 6) is -0.0973. The normalized spacial score (nSPS) is 16.5. The highest BCUT2D eigenvalue weighted by atomic mass is 32.1. The topological polar surface area (TPSA) is 54.1 Å². The Morgan fingerprint density at radius 1 is 1.13 bits per heavy atom. The average molecular weight is 344 g/mol. The highest BCUT2D eigenvalue weighted by Crippen LogP contribution is 2.35. The van der Waals surface area contributed by atoms with Gasteiger partial charge in [0.15, 0.2) is 0 Å². The molecule has 0 amide bonds. The molecule has 0 aliphatic carbocycles. The molecule has 1 aromatic heterocycles. The van der Waals surface area contributed by atoms with Gasteiger partial charge in [0.2, 0.25) is 0 Å². The molecule has 1 aliphatic rings. The van der Waals surface area contributed by atoms with Gasteiger partial charge in [0.1, 0.15) is 5.75 Å². The highest BCUT2D eigenvalue weighted by molar-refractivity contribution is 7.09. The summed E-state index contributed by atoms with van der Waals surface area (Å²) < 4.78 is 43.2. The first kappa shape index (κ1) is 16.1. The second-order valence-electron chi connectivity index (χ2n) is 5.37. The molecule has 2 heterocycles. The standard InChI is InChI=1S/C15H15F3N2O2S/c16-15(17,18)22-11-3-1-10(2-4-11)13-12(14(21)20-23-13)9-5-7-19-8-6-9/h1-4,9,19H,5-8H2,(H,20,21). The van der Waals surface area contributed by atoms with E-state index in [0.29, 0.717) is 0 Å². The van der Waals surface area contributed by atoms with Crippen LogP contribution in [0.4, 0.5) is 13.2 Å². The van der Waals surface area contributed by atoms with Crippen LogP contribution in [0, 0.1) is 0 Å². The summed E-state index contributed by atoms with van der Waals surface area (Å²) in [5, 5.41) is 3.25. The van der Waals surface area contributed by atoms with Crippen molar-refractivity contribution in [3.05, 3.63) is 40.2 Å². The lowest BCUT2D eigenvalue weighted by Crippen LogP contribution is -2.28. The van der Waals surface area contributed by atoms with Gasteiger partial charge in [-0.25, -0.2) is 0 Å². The number of H-pyrrole nitrogens is 1. The Morgan fingerprint density at radius 3 is 2.39 bits per heavy atom. The van der Waals surface area contributed by atoms with Crippen molar-refractivity contribution >= 4 is 11.5 Å². The summed E-state index contributed by atoms with van der Waals surface area (Å²) in [4.78, 5) is 12.9. The molecule has 0 bridgehead atoms. The zero-order valence-corrected chi connectivity index (χ0v) is 12.9. The Kier molecular flexibility index (Phi) is 4.45. The van der Waals surface area contributed by atoms with Gasteiger partial charge in [-0.05, 0) is 61.7 Å². The molecule has 4 nitrogen and oxygen atoms in total. The number of aromatic amines is 1. The minimum atomic E-state index is -4.71. The maximum absolute atomic E-state index is 12.2. The first-order chi connectivity index (χ1) is 10.9. The molecule has 1 aliphatic heterocycles. The van der Waals surface area contributed by atoms with Crippen LogP contribution in [0.25, 0.3) is 10.4 Å². The van der Waals surface area contributed by atoms with E-state index in [0.717, 1.165) is 41.9 Å². The van der Waals surface area contributed by atoms with E-state index in [-0.39, 0.29) is 17.2 Å². The van der Waals surface area contributed by atoms with Crippen LogP contribution in [0.2, 0.25) is 0 Å². The number of hydrogen-bond donors (Lipinski definition) is 2. The van der Waals surface area contributed by atoms with Crippen LogP contribution in [0.3, 0.4) is 0 Å². The number of aromatic nitrogens is 1. The van der Waals surface area contributed by atoms with Gasteiger partial charge in [0.05, 0.1) is 4.88 Å².